The van der Waals surface area contributed by atoms with Gasteiger partial charge in [0, 0.05) is 49.3 Å². The summed E-state index contributed by atoms with van der Waals surface area (Å²) < 4.78 is 0. The molecular formula is C26H23ClN6O. The van der Waals surface area contributed by atoms with E-state index in [9.17, 15) is 4.79 Å². The van der Waals surface area contributed by atoms with E-state index in [1.165, 1.54) is 0 Å². The third-order valence-corrected chi connectivity index (χ3v) is 6.68. The van der Waals surface area contributed by atoms with Crippen LogP contribution in [0.1, 0.15) is 6.42 Å². The van der Waals surface area contributed by atoms with Crippen LogP contribution in [-0.2, 0) is 0 Å². The number of aromatic nitrogens is 4. The highest BCUT2D eigenvalue weighted by molar-refractivity contribution is 6.32. The van der Waals surface area contributed by atoms with Gasteiger partial charge in [0.15, 0.2) is 0 Å². The first-order chi connectivity index (χ1) is 16.7. The predicted molar refractivity (Wildman–Crippen MR) is 137 cm³/mol. The van der Waals surface area contributed by atoms with Crippen LogP contribution in [0.15, 0.2) is 71.7 Å². The van der Waals surface area contributed by atoms with Crippen LogP contribution in [-0.4, -0.2) is 46.1 Å². The quantitative estimate of drug-likeness (QED) is 0.396. The number of imidazole rings is 1. The van der Waals surface area contributed by atoms with Gasteiger partial charge in [-0.25, -0.2) is 9.97 Å². The molecule has 0 radical (unpaired) electrons. The van der Waals surface area contributed by atoms with Crippen LogP contribution in [0.2, 0.25) is 5.02 Å². The molecule has 8 heteroatoms. The number of hydrogen-bond acceptors (Lipinski definition) is 5. The summed E-state index contributed by atoms with van der Waals surface area (Å²) in [6, 6.07) is 19.6. The van der Waals surface area contributed by atoms with Crippen LogP contribution in [0.4, 0.5) is 11.5 Å². The number of anilines is 2. The molecule has 1 fully saturated rings. The normalized spacial score (nSPS) is 14.6. The van der Waals surface area contributed by atoms with Crippen molar-refractivity contribution in [2.75, 3.05) is 36.0 Å². The van der Waals surface area contributed by atoms with Crippen molar-refractivity contribution < 1.29 is 0 Å². The van der Waals surface area contributed by atoms with Gasteiger partial charge in [0.05, 0.1) is 21.6 Å². The highest BCUT2D eigenvalue weighted by atomic mass is 35.5. The summed E-state index contributed by atoms with van der Waals surface area (Å²) in [4.78, 5) is 32.9. The van der Waals surface area contributed by atoms with Crippen molar-refractivity contribution >= 4 is 34.1 Å². The fourth-order valence-electron chi connectivity index (χ4n) is 4.73. The second-order valence-electron chi connectivity index (χ2n) is 8.49. The maximum atomic E-state index is 12.7. The Balaban J connectivity index is 1.29. The van der Waals surface area contributed by atoms with Gasteiger partial charge in [-0.3, -0.25) is 4.79 Å². The highest BCUT2D eigenvalue weighted by Crippen LogP contribution is 2.31. The Morgan fingerprint density at radius 3 is 2.65 bits per heavy atom. The lowest BCUT2D eigenvalue weighted by Gasteiger charge is -2.24. The Kier molecular flexibility index (Phi) is 5.19. The number of rotatable bonds is 3. The van der Waals surface area contributed by atoms with Crippen LogP contribution < -0.4 is 15.4 Å². The minimum Gasteiger partial charge on any atom is -0.370 e. The molecule has 3 aromatic rings. The molecule has 6 rings (SSSR count). The number of pyridine rings is 1. The number of fused-ring (bicyclic) bond motifs is 2. The summed E-state index contributed by atoms with van der Waals surface area (Å²) in [6.07, 6.45) is 2.79. The number of halogens is 1. The van der Waals surface area contributed by atoms with E-state index in [2.05, 4.69) is 36.9 Å². The maximum Gasteiger partial charge on any atom is 0.260 e. The molecule has 7 nitrogen and oxygen atoms in total. The second-order valence-corrected chi connectivity index (χ2v) is 8.90. The Hall–Kier alpha value is -3.84. The van der Waals surface area contributed by atoms with Crippen LogP contribution in [0.3, 0.4) is 0 Å². The van der Waals surface area contributed by atoms with E-state index in [0.29, 0.717) is 16.4 Å². The third-order valence-electron chi connectivity index (χ3n) is 6.38. The molecule has 0 saturated carbocycles. The van der Waals surface area contributed by atoms with Gasteiger partial charge in [-0.1, -0.05) is 35.9 Å². The fraction of sp³-hybridized carbons (Fsp3) is 0.192. The lowest BCUT2D eigenvalue weighted by molar-refractivity contribution is 0.798. The van der Waals surface area contributed by atoms with Crippen molar-refractivity contribution in [3.63, 3.8) is 0 Å². The zero-order valence-corrected chi connectivity index (χ0v) is 19.2. The average molecular weight is 471 g/mol. The number of H-pyrrole nitrogens is 2. The molecule has 2 aromatic heterocycles. The van der Waals surface area contributed by atoms with Crippen molar-refractivity contribution in [1.29, 1.82) is 0 Å². The average Bonchev–Trinajstić information content (AvgIpc) is 3.16. The summed E-state index contributed by atoms with van der Waals surface area (Å²) in [5, 5.41) is 0.686. The molecule has 1 aromatic carbocycles. The smallest absolute Gasteiger partial charge is 0.260 e. The fourth-order valence-corrected chi connectivity index (χ4v) is 4.97. The second kappa shape index (κ2) is 8.50. The summed E-state index contributed by atoms with van der Waals surface area (Å²) in [7, 11) is 0. The topological polar surface area (TPSA) is 80.9 Å². The molecule has 0 unspecified atom stereocenters. The van der Waals surface area contributed by atoms with E-state index in [4.69, 9.17) is 16.6 Å². The Labute approximate surface area is 201 Å². The van der Waals surface area contributed by atoms with E-state index in [-0.39, 0.29) is 5.56 Å². The Morgan fingerprint density at radius 1 is 0.882 bits per heavy atom. The van der Waals surface area contributed by atoms with E-state index >= 15 is 0 Å². The summed E-state index contributed by atoms with van der Waals surface area (Å²) in [6.45, 7) is 3.56. The van der Waals surface area contributed by atoms with Crippen LogP contribution in [0.5, 0.6) is 0 Å². The number of nitrogens with zero attached hydrogens (tertiary/aromatic N) is 4. The van der Waals surface area contributed by atoms with E-state index in [1.807, 2.05) is 48.5 Å². The van der Waals surface area contributed by atoms with E-state index in [1.54, 1.807) is 6.20 Å². The van der Waals surface area contributed by atoms with Gasteiger partial charge in [-0.2, -0.15) is 0 Å². The summed E-state index contributed by atoms with van der Waals surface area (Å²) in [5.74, 6) is 1.43. The minimum atomic E-state index is -0.138. The zero-order valence-electron chi connectivity index (χ0n) is 18.5. The van der Waals surface area contributed by atoms with Gasteiger partial charge in [-0.15, -0.1) is 0 Å². The van der Waals surface area contributed by atoms with Gasteiger partial charge in [0.25, 0.3) is 5.56 Å². The lowest BCUT2D eigenvalue weighted by atomic mass is 10.1. The zero-order chi connectivity index (χ0) is 23.1. The van der Waals surface area contributed by atoms with E-state index in [0.717, 1.165) is 66.4 Å². The van der Waals surface area contributed by atoms with Gasteiger partial charge in [-0.05, 0) is 42.8 Å². The molecule has 0 spiro atoms. The van der Waals surface area contributed by atoms with Crippen LogP contribution in [0, 0.1) is 0 Å². The highest BCUT2D eigenvalue weighted by Gasteiger charge is 2.21. The lowest BCUT2D eigenvalue weighted by Crippen LogP contribution is -2.31. The molecule has 4 heterocycles. The monoisotopic (exact) mass is 470 g/mol. The van der Waals surface area contributed by atoms with Crippen LogP contribution in [0.25, 0.3) is 33.7 Å². The van der Waals surface area contributed by atoms with E-state index < -0.39 is 0 Å². The molecule has 1 aliphatic carbocycles. The van der Waals surface area contributed by atoms with Gasteiger partial charge in [0.2, 0.25) is 0 Å². The molecule has 34 heavy (non-hydrogen) atoms. The molecule has 2 N–H and O–H groups in total. The number of nitrogens with one attached hydrogen (secondary N) is 2. The first-order valence-electron chi connectivity index (χ1n) is 11.4. The van der Waals surface area contributed by atoms with Crippen molar-refractivity contribution in [3.05, 3.63) is 82.2 Å². The molecule has 2 aliphatic heterocycles. The van der Waals surface area contributed by atoms with Crippen LogP contribution >= 0.6 is 11.6 Å². The van der Waals surface area contributed by atoms with Gasteiger partial charge >= 0.3 is 0 Å². The molecular weight excluding hydrogens is 448 g/mol. The molecule has 0 amide bonds. The summed E-state index contributed by atoms with van der Waals surface area (Å²) >= 11 is 6.38. The third kappa shape index (κ3) is 3.68. The first-order valence-corrected chi connectivity index (χ1v) is 11.8. The molecule has 3 aliphatic rings. The number of aromatic amines is 2. The number of hydrogen-bond donors (Lipinski definition) is 2. The largest absolute Gasteiger partial charge is 0.370 e. The predicted octanol–water partition coefficient (Wildman–Crippen LogP) is 4.79. The standard InChI is InChI=1S/C26H23ClN6O/c27-19-7-4-11-28-25(19)33-13-5-12-32(14-15-33)17-9-10-21-22(16-17)30-24(29-21)23-18-6-2-1-3-8-20(18)31-26(23)34/h1-4,6-11,16H,5,12-15H2,(H,29,30)(H,31,34). The molecule has 1 saturated heterocycles. The molecule has 0 bridgehead atoms. The Morgan fingerprint density at radius 2 is 1.74 bits per heavy atom. The first kappa shape index (κ1) is 20.7. The molecule has 0 atom stereocenters. The Bertz CT molecular complexity index is 1510. The van der Waals surface area contributed by atoms with Crippen molar-refractivity contribution in [2.24, 2.45) is 0 Å². The van der Waals surface area contributed by atoms with Gasteiger partial charge in [0.1, 0.15) is 11.6 Å². The SMILES string of the molecule is O=c1[nH]c2cccccc-2c1-c1nc2ccc(N3CCCN(c4ncccc4Cl)CC3)cc2[nH]1. The van der Waals surface area contributed by atoms with Crippen molar-refractivity contribution in [2.45, 2.75) is 6.42 Å². The van der Waals surface area contributed by atoms with Crippen molar-refractivity contribution in [1.82, 2.24) is 19.9 Å². The summed E-state index contributed by atoms with van der Waals surface area (Å²) in [5.41, 5.74) is 4.97. The molecule has 170 valence electrons. The van der Waals surface area contributed by atoms with Gasteiger partial charge < -0.3 is 19.8 Å². The van der Waals surface area contributed by atoms with Crippen molar-refractivity contribution in [3.8, 4) is 22.6 Å². The maximum absolute atomic E-state index is 12.7. The number of benzene rings is 1. The minimum absolute atomic E-state index is 0.138.